The van der Waals surface area contributed by atoms with Crippen molar-refractivity contribution in [3.8, 4) is 0 Å². The van der Waals surface area contributed by atoms with Gasteiger partial charge in [0.1, 0.15) is 0 Å². The summed E-state index contributed by atoms with van der Waals surface area (Å²) in [6.45, 7) is 3.62. The quantitative estimate of drug-likeness (QED) is 0.648. The molecule has 0 unspecified atom stereocenters. The maximum atomic E-state index is 13.0. The van der Waals surface area contributed by atoms with E-state index in [1.165, 1.54) is 30.0 Å². The molecule has 0 radical (unpaired) electrons. The van der Waals surface area contributed by atoms with Crippen LogP contribution in [0.2, 0.25) is 0 Å². The molecule has 136 valence electrons. The number of carbonyl (C=O) groups excluding carboxylic acids is 1. The molecule has 2 atom stereocenters. The van der Waals surface area contributed by atoms with Gasteiger partial charge >= 0.3 is 0 Å². The number of aryl methyl sites for hydroxylation is 1. The van der Waals surface area contributed by atoms with E-state index >= 15 is 0 Å². The second kappa shape index (κ2) is 7.58. The van der Waals surface area contributed by atoms with Gasteiger partial charge in [-0.3, -0.25) is 4.79 Å². The third-order valence-electron chi connectivity index (χ3n) is 4.10. The monoisotopic (exact) mass is 451 g/mol. The van der Waals surface area contributed by atoms with Crippen LogP contribution in [0.25, 0.3) is 0 Å². The van der Waals surface area contributed by atoms with Crippen molar-refractivity contribution in [3.05, 3.63) is 71.1 Å². The van der Waals surface area contributed by atoms with Gasteiger partial charge in [0, 0.05) is 15.9 Å². The van der Waals surface area contributed by atoms with Crippen molar-refractivity contribution in [2.45, 2.75) is 34.5 Å². The number of rotatable bonds is 4. The highest BCUT2D eigenvalue weighted by Crippen LogP contribution is 2.39. The number of thioether (sulfide) groups is 1. The number of carbonyl (C=O) groups is 1. The van der Waals surface area contributed by atoms with Crippen molar-refractivity contribution in [2.24, 2.45) is 0 Å². The van der Waals surface area contributed by atoms with Crippen LogP contribution in [0.15, 0.2) is 75.4 Å². The van der Waals surface area contributed by atoms with Crippen LogP contribution in [0.5, 0.6) is 0 Å². The lowest BCUT2D eigenvalue weighted by atomic mass is 10.1. The predicted octanol–water partition coefficient (Wildman–Crippen LogP) is 4.35. The zero-order chi connectivity index (χ0) is 18.9. The molecule has 1 amide bonds. The Morgan fingerprint density at radius 3 is 2.27 bits per heavy atom. The largest absolute Gasteiger partial charge is 0.269 e. The summed E-state index contributed by atoms with van der Waals surface area (Å²) in [5.41, 5.74) is 0.960. The molecular formula is C19H18BrNO3S2. The SMILES string of the molecule is Cc1ccc(S(=O)(=O)N2C(=O)C=C(Sc3ccccc3)[C@@H](Br)[C@@H]2C)cc1. The van der Waals surface area contributed by atoms with Gasteiger partial charge < -0.3 is 0 Å². The summed E-state index contributed by atoms with van der Waals surface area (Å²) in [4.78, 5) is 14.3. The molecule has 3 rings (SSSR count). The lowest BCUT2D eigenvalue weighted by Gasteiger charge is -2.35. The van der Waals surface area contributed by atoms with Crippen LogP contribution in [0.4, 0.5) is 0 Å². The molecule has 0 fully saturated rings. The minimum atomic E-state index is -3.91. The van der Waals surface area contributed by atoms with E-state index in [0.29, 0.717) is 0 Å². The normalized spacial score (nSPS) is 20.8. The van der Waals surface area contributed by atoms with Crippen molar-refractivity contribution in [1.82, 2.24) is 4.31 Å². The van der Waals surface area contributed by atoms with Crippen LogP contribution in [-0.4, -0.2) is 29.5 Å². The highest BCUT2D eigenvalue weighted by molar-refractivity contribution is 9.09. The molecule has 1 aliphatic heterocycles. The van der Waals surface area contributed by atoms with Crippen molar-refractivity contribution < 1.29 is 13.2 Å². The summed E-state index contributed by atoms with van der Waals surface area (Å²) in [6.07, 6.45) is 1.41. The van der Waals surface area contributed by atoms with Gasteiger partial charge in [-0.25, -0.2) is 12.7 Å². The van der Waals surface area contributed by atoms with E-state index in [1.54, 1.807) is 19.1 Å². The minimum Gasteiger partial charge on any atom is -0.269 e. The van der Waals surface area contributed by atoms with Crippen LogP contribution < -0.4 is 0 Å². The fourth-order valence-electron chi connectivity index (χ4n) is 2.69. The topological polar surface area (TPSA) is 54.5 Å². The van der Waals surface area contributed by atoms with Gasteiger partial charge in [-0.15, -0.1) is 0 Å². The van der Waals surface area contributed by atoms with Gasteiger partial charge in [0.05, 0.1) is 15.8 Å². The number of alkyl halides is 1. The molecule has 7 heteroatoms. The van der Waals surface area contributed by atoms with Crippen LogP contribution in [0, 0.1) is 6.92 Å². The first-order chi connectivity index (χ1) is 12.3. The third-order valence-corrected chi connectivity index (χ3v) is 8.68. The van der Waals surface area contributed by atoms with E-state index in [1.807, 2.05) is 37.3 Å². The second-order valence-corrected chi connectivity index (χ2v) is 10.0. The molecule has 0 N–H and O–H groups in total. The first-order valence-corrected chi connectivity index (χ1v) is 11.2. The van der Waals surface area contributed by atoms with Gasteiger partial charge in [0.25, 0.3) is 15.9 Å². The Bertz CT molecular complexity index is 941. The van der Waals surface area contributed by atoms with E-state index < -0.39 is 22.0 Å². The molecule has 0 aliphatic carbocycles. The van der Waals surface area contributed by atoms with Crippen LogP contribution in [-0.2, 0) is 14.8 Å². The highest BCUT2D eigenvalue weighted by atomic mass is 79.9. The van der Waals surface area contributed by atoms with Crippen molar-refractivity contribution in [2.75, 3.05) is 0 Å². The Kier molecular flexibility index (Phi) is 5.60. The average Bonchev–Trinajstić information content (AvgIpc) is 2.60. The summed E-state index contributed by atoms with van der Waals surface area (Å²) >= 11 is 5.04. The van der Waals surface area contributed by atoms with E-state index in [9.17, 15) is 13.2 Å². The summed E-state index contributed by atoms with van der Waals surface area (Å²) in [5, 5.41) is 0. The van der Waals surface area contributed by atoms with E-state index in [-0.39, 0.29) is 9.72 Å². The van der Waals surface area contributed by atoms with Crippen molar-refractivity contribution in [1.29, 1.82) is 0 Å². The van der Waals surface area contributed by atoms with Crippen LogP contribution >= 0.6 is 27.7 Å². The molecule has 4 nitrogen and oxygen atoms in total. The number of hydrogen-bond acceptors (Lipinski definition) is 4. The highest BCUT2D eigenvalue weighted by Gasteiger charge is 2.40. The predicted molar refractivity (Wildman–Crippen MR) is 108 cm³/mol. The Balaban J connectivity index is 1.93. The Hall–Kier alpha value is -1.57. The van der Waals surface area contributed by atoms with Gasteiger partial charge in [0.15, 0.2) is 0 Å². The molecule has 0 spiro atoms. The van der Waals surface area contributed by atoms with Gasteiger partial charge in [-0.2, -0.15) is 0 Å². The molecule has 2 aromatic carbocycles. The Morgan fingerprint density at radius 1 is 1.04 bits per heavy atom. The van der Waals surface area contributed by atoms with Gasteiger partial charge in [-0.05, 0) is 38.1 Å². The first kappa shape index (κ1) is 19.2. The molecular weight excluding hydrogens is 434 g/mol. The van der Waals surface area contributed by atoms with Crippen LogP contribution in [0.1, 0.15) is 12.5 Å². The summed E-state index contributed by atoms with van der Waals surface area (Å²) in [6, 6.07) is 15.7. The van der Waals surface area contributed by atoms with E-state index in [2.05, 4.69) is 15.9 Å². The number of nitrogens with zero attached hydrogens (tertiary/aromatic N) is 1. The fraction of sp³-hybridized carbons (Fsp3) is 0.211. The summed E-state index contributed by atoms with van der Waals surface area (Å²) in [7, 11) is -3.91. The third kappa shape index (κ3) is 3.75. The number of hydrogen-bond donors (Lipinski definition) is 0. The van der Waals surface area contributed by atoms with E-state index in [4.69, 9.17) is 0 Å². The standard InChI is InChI=1S/C19H18BrNO3S2/c1-13-8-10-16(11-9-13)26(23,24)21-14(2)19(20)17(12-18(21)22)25-15-6-4-3-5-7-15/h3-12,14,19H,1-2H3/t14-,19-/m0/s1. The average molecular weight is 452 g/mol. The minimum absolute atomic E-state index is 0.121. The van der Waals surface area contributed by atoms with Crippen molar-refractivity contribution >= 4 is 43.6 Å². The Labute approximate surface area is 166 Å². The molecule has 0 aromatic heterocycles. The molecule has 0 saturated heterocycles. The molecule has 0 bridgehead atoms. The molecule has 0 saturated carbocycles. The maximum Gasteiger partial charge on any atom is 0.267 e. The fourth-order valence-corrected chi connectivity index (χ4v) is 6.09. The lowest BCUT2D eigenvalue weighted by Crippen LogP contribution is -2.49. The lowest BCUT2D eigenvalue weighted by molar-refractivity contribution is -0.123. The molecule has 2 aromatic rings. The van der Waals surface area contributed by atoms with E-state index in [0.717, 1.165) is 19.7 Å². The molecule has 26 heavy (non-hydrogen) atoms. The smallest absolute Gasteiger partial charge is 0.267 e. The summed E-state index contributed by atoms with van der Waals surface area (Å²) in [5.74, 6) is -0.521. The second-order valence-electron chi connectivity index (χ2n) is 6.06. The zero-order valence-corrected chi connectivity index (χ0v) is 17.5. The van der Waals surface area contributed by atoms with Crippen LogP contribution in [0.3, 0.4) is 0 Å². The zero-order valence-electron chi connectivity index (χ0n) is 14.3. The van der Waals surface area contributed by atoms with Crippen molar-refractivity contribution in [3.63, 3.8) is 0 Å². The number of amides is 1. The maximum absolute atomic E-state index is 13.0. The summed E-state index contributed by atoms with van der Waals surface area (Å²) < 4.78 is 26.9. The number of benzene rings is 2. The number of sulfonamides is 1. The molecule has 1 aliphatic rings. The van der Waals surface area contributed by atoms with Gasteiger partial charge in [-0.1, -0.05) is 63.6 Å². The first-order valence-electron chi connectivity index (χ1n) is 8.04. The Morgan fingerprint density at radius 2 is 1.65 bits per heavy atom. The molecule has 1 heterocycles. The van der Waals surface area contributed by atoms with Gasteiger partial charge in [0.2, 0.25) is 0 Å². The number of halogens is 1.